The van der Waals surface area contributed by atoms with E-state index in [1.807, 2.05) is 30.5 Å². The summed E-state index contributed by atoms with van der Waals surface area (Å²) in [5.74, 6) is 1.09. The van der Waals surface area contributed by atoms with Crippen molar-refractivity contribution in [2.24, 2.45) is 0 Å². The number of hydrogen-bond acceptors (Lipinski definition) is 6. The van der Waals surface area contributed by atoms with Crippen molar-refractivity contribution in [1.82, 2.24) is 15.3 Å². The second kappa shape index (κ2) is 8.62. The molecule has 2 aromatic heterocycles. The summed E-state index contributed by atoms with van der Waals surface area (Å²) in [6, 6.07) is 7.61. The number of benzene rings is 1. The van der Waals surface area contributed by atoms with E-state index in [0.717, 1.165) is 37.0 Å². The quantitative estimate of drug-likeness (QED) is 0.691. The number of carbonyl (C=O) groups is 1. The van der Waals surface area contributed by atoms with Gasteiger partial charge >= 0.3 is 0 Å². The molecule has 3 aromatic rings. The lowest BCUT2D eigenvalue weighted by molar-refractivity contribution is -0.116. The number of rotatable bonds is 5. The van der Waals surface area contributed by atoms with Gasteiger partial charge in [0, 0.05) is 23.9 Å². The van der Waals surface area contributed by atoms with Gasteiger partial charge in [0.25, 0.3) is 0 Å². The van der Waals surface area contributed by atoms with E-state index in [9.17, 15) is 4.79 Å². The number of amides is 1. The maximum atomic E-state index is 12.2. The van der Waals surface area contributed by atoms with Crippen molar-refractivity contribution in [1.29, 1.82) is 0 Å². The molecule has 1 aromatic carbocycles. The molecule has 138 valence electrons. The molecule has 6 nitrogen and oxygen atoms in total. The molecule has 26 heavy (non-hydrogen) atoms. The average molecular weight is 393 g/mol. The van der Waals surface area contributed by atoms with Gasteiger partial charge in [-0.3, -0.25) is 4.79 Å². The molecule has 4 rings (SSSR count). The highest BCUT2D eigenvalue weighted by Gasteiger charge is 2.18. The van der Waals surface area contributed by atoms with Gasteiger partial charge in [0.05, 0.1) is 0 Å². The molecule has 0 spiro atoms. The van der Waals surface area contributed by atoms with E-state index in [1.54, 1.807) is 11.3 Å². The fourth-order valence-corrected chi connectivity index (χ4v) is 4.07. The Balaban J connectivity index is 0.00000196. The second-order valence-corrected chi connectivity index (χ2v) is 7.28. The van der Waals surface area contributed by atoms with Crippen molar-refractivity contribution >= 4 is 45.9 Å². The summed E-state index contributed by atoms with van der Waals surface area (Å²) in [5.41, 5.74) is 1.58. The molecule has 1 fully saturated rings. The Labute approximate surface area is 161 Å². The average Bonchev–Trinajstić information content (AvgIpc) is 3.27. The first-order valence-corrected chi connectivity index (χ1v) is 9.40. The van der Waals surface area contributed by atoms with Crippen LogP contribution >= 0.6 is 23.7 Å². The highest BCUT2D eigenvalue weighted by atomic mass is 35.5. The van der Waals surface area contributed by atoms with Crippen LogP contribution in [-0.2, 0) is 11.2 Å². The number of fused-ring (bicyclic) bond motifs is 1. The predicted octanol–water partition coefficient (Wildman–Crippen LogP) is 3.74. The van der Waals surface area contributed by atoms with Gasteiger partial charge in [-0.05, 0) is 44.0 Å². The summed E-state index contributed by atoms with van der Waals surface area (Å²) in [7, 11) is 0. The van der Waals surface area contributed by atoms with Crippen LogP contribution in [0.25, 0.3) is 11.1 Å². The Morgan fingerprint density at radius 3 is 2.92 bits per heavy atom. The largest absolute Gasteiger partial charge is 0.441 e. The van der Waals surface area contributed by atoms with Gasteiger partial charge in [0.2, 0.25) is 5.91 Å². The molecular formula is C18H21ClN4O2S. The predicted molar refractivity (Wildman–Crippen MR) is 105 cm³/mol. The van der Waals surface area contributed by atoms with Gasteiger partial charge in [-0.1, -0.05) is 12.1 Å². The number of hydrogen-bond donors (Lipinski definition) is 2. The maximum Gasteiger partial charge on any atom is 0.226 e. The third-order valence-corrected chi connectivity index (χ3v) is 5.49. The van der Waals surface area contributed by atoms with Crippen LogP contribution in [0.15, 0.2) is 34.9 Å². The standard InChI is InChI=1S/C18H20N4O2S.ClH/c23-16(5-6-17-21-13-3-1-2-4-14(13)24-17)22-18-20-11-15(25-18)12-7-9-19-10-8-12;/h1-4,11-12,19H,5-10H2,(H,20,22,23);1H. The van der Waals surface area contributed by atoms with Crippen LogP contribution in [0.4, 0.5) is 5.13 Å². The van der Waals surface area contributed by atoms with E-state index < -0.39 is 0 Å². The lowest BCUT2D eigenvalue weighted by Gasteiger charge is -2.20. The zero-order valence-corrected chi connectivity index (χ0v) is 15.9. The minimum atomic E-state index is -0.0616. The number of aryl methyl sites for hydroxylation is 1. The number of nitrogens with zero attached hydrogens (tertiary/aromatic N) is 2. The van der Waals surface area contributed by atoms with E-state index in [4.69, 9.17) is 4.42 Å². The lowest BCUT2D eigenvalue weighted by Crippen LogP contribution is -2.26. The minimum Gasteiger partial charge on any atom is -0.441 e. The Morgan fingerprint density at radius 2 is 2.12 bits per heavy atom. The monoisotopic (exact) mass is 392 g/mol. The number of carbonyl (C=O) groups excluding carboxylic acids is 1. The van der Waals surface area contributed by atoms with E-state index in [0.29, 0.717) is 29.8 Å². The van der Waals surface area contributed by atoms with Crippen LogP contribution < -0.4 is 10.6 Å². The summed E-state index contributed by atoms with van der Waals surface area (Å²) >= 11 is 1.58. The summed E-state index contributed by atoms with van der Waals surface area (Å²) in [6.07, 6.45) is 4.97. The van der Waals surface area contributed by atoms with Gasteiger partial charge in [-0.25, -0.2) is 9.97 Å². The van der Waals surface area contributed by atoms with Crippen molar-refractivity contribution in [3.8, 4) is 0 Å². The van der Waals surface area contributed by atoms with Crippen molar-refractivity contribution < 1.29 is 9.21 Å². The maximum absolute atomic E-state index is 12.2. The molecule has 0 unspecified atom stereocenters. The first-order valence-electron chi connectivity index (χ1n) is 8.59. The third-order valence-electron chi connectivity index (χ3n) is 4.42. The van der Waals surface area contributed by atoms with Crippen LogP contribution in [0, 0.1) is 0 Å². The number of anilines is 1. The number of halogens is 1. The Bertz CT molecular complexity index is 840. The number of piperidine rings is 1. The first kappa shape index (κ1) is 18.8. The molecule has 1 aliphatic heterocycles. The van der Waals surface area contributed by atoms with E-state index in [1.165, 1.54) is 4.88 Å². The number of nitrogens with one attached hydrogen (secondary N) is 2. The molecule has 0 bridgehead atoms. The SMILES string of the molecule is Cl.O=C(CCc1nc2ccccc2o1)Nc1ncc(C2CCNCC2)s1. The van der Waals surface area contributed by atoms with Crippen LogP contribution in [-0.4, -0.2) is 29.0 Å². The molecule has 2 N–H and O–H groups in total. The smallest absolute Gasteiger partial charge is 0.226 e. The van der Waals surface area contributed by atoms with Gasteiger partial charge in [0.15, 0.2) is 16.6 Å². The van der Waals surface area contributed by atoms with E-state index in [-0.39, 0.29) is 18.3 Å². The fraction of sp³-hybridized carbons (Fsp3) is 0.389. The van der Waals surface area contributed by atoms with E-state index in [2.05, 4.69) is 20.6 Å². The topological polar surface area (TPSA) is 80.1 Å². The zero-order valence-electron chi connectivity index (χ0n) is 14.2. The summed E-state index contributed by atoms with van der Waals surface area (Å²) in [5, 5.41) is 6.93. The van der Waals surface area contributed by atoms with Crippen LogP contribution in [0.3, 0.4) is 0 Å². The first-order chi connectivity index (χ1) is 12.3. The molecule has 1 amide bonds. The second-order valence-electron chi connectivity index (χ2n) is 6.22. The third kappa shape index (κ3) is 4.41. The molecule has 0 saturated carbocycles. The van der Waals surface area contributed by atoms with Crippen LogP contribution in [0.1, 0.15) is 35.9 Å². The Morgan fingerprint density at radius 1 is 1.31 bits per heavy atom. The fourth-order valence-electron chi connectivity index (χ4n) is 3.07. The molecule has 1 aliphatic rings. The van der Waals surface area contributed by atoms with E-state index >= 15 is 0 Å². The van der Waals surface area contributed by atoms with Gasteiger partial charge in [0.1, 0.15) is 5.52 Å². The number of para-hydroxylation sites is 2. The normalized spacial score (nSPS) is 14.9. The molecule has 0 aliphatic carbocycles. The van der Waals surface area contributed by atoms with Crippen LogP contribution in [0.2, 0.25) is 0 Å². The molecule has 1 saturated heterocycles. The van der Waals surface area contributed by atoms with Crippen molar-refractivity contribution in [3.05, 3.63) is 41.2 Å². The summed E-state index contributed by atoms with van der Waals surface area (Å²) in [4.78, 5) is 22.2. The lowest BCUT2D eigenvalue weighted by atomic mass is 9.97. The molecule has 0 atom stereocenters. The van der Waals surface area contributed by atoms with Gasteiger partial charge in [-0.2, -0.15) is 0 Å². The van der Waals surface area contributed by atoms with Crippen molar-refractivity contribution in [2.75, 3.05) is 18.4 Å². The Hall–Kier alpha value is -1.96. The zero-order chi connectivity index (χ0) is 17.1. The van der Waals surface area contributed by atoms with Gasteiger partial charge in [-0.15, -0.1) is 23.7 Å². The summed E-state index contributed by atoms with van der Waals surface area (Å²) in [6.45, 7) is 2.10. The molecule has 0 radical (unpaired) electrons. The van der Waals surface area contributed by atoms with Crippen LogP contribution in [0.5, 0.6) is 0 Å². The highest BCUT2D eigenvalue weighted by molar-refractivity contribution is 7.15. The molecular weight excluding hydrogens is 372 g/mol. The number of oxazole rings is 1. The highest BCUT2D eigenvalue weighted by Crippen LogP contribution is 2.31. The van der Waals surface area contributed by atoms with Crippen molar-refractivity contribution in [3.63, 3.8) is 0 Å². The number of aromatic nitrogens is 2. The van der Waals surface area contributed by atoms with Gasteiger partial charge < -0.3 is 15.1 Å². The van der Waals surface area contributed by atoms with Crippen molar-refractivity contribution in [2.45, 2.75) is 31.6 Å². The number of thiazole rings is 1. The summed E-state index contributed by atoms with van der Waals surface area (Å²) < 4.78 is 5.64. The molecule has 8 heteroatoms. The molecule has 3 heterocycles. The minimum absolute atomic E-state index is 0. The Kier molecular flexibility index (Phi) is 6.24.